The summed E-state index contributed by atoms with van der Waals surface area (Å²) in [4.78, 5) is 26.6. The summed E-state index contributed by atoms with van der Waals surface area (Å²) in [6.45, 7) is 0. The van der Waals surface area contributed by atoms with E-state index in [0.29, 0.717) is 0 Å². The van der Waals surface area contributed by atoms with Gasteiger partial charge in [-0.15, -0.1) is 0 Å². The molecular weight excluding hydrogens is 319 g/mol. The number of aromatic nitrogens is 1. The van der Waals surface area contributed by atoms with Crippen LogP contribution in [0.15, 0.2) is 30.3 Å². The summed E-state index contributed by atoms with van der Waals surface area (Å²) in [6.07, 6.45) is 0. The molecule has 6 nitrogen and oxygen atoms in total. The first-order valence-corrected chi connectivity index (χ1v) is 6.34. The minimum absolute atomic E-state index is 0.0428. The third-order valence-corrected chi connectivity index (χ3v) is 3.05. The number of nitrogens with zero attached hydrogens (tertiary/aromatic N) is 1. The van der Waals surface area contributed by atoms with Crippen molar-refractivity contribution in [2.45, 2.75) is 0 Å². The van der Waals surface area contributed by atoms with Crippen LogP contribution in [0.3, 0.4) is 0 Å². The first-order valence-electron chi connectivity index (χ1n) is 5.58. The Morgan fingerprint density at radius 1 is 1.14 bits per heavy atom. The van der Waals surface area contributed by atoms with Crippen molar-refractivity contribution in [3.63, 3.8) is 0 Å². The molecule has 2 rings (SSSR count). The fraction of sp³-hybridized carbons (Fsp3) is 0. The quantitative estimate of drug-likeness (QED) is 0.594. The molecule has 8 heteroatoms. The summed E-state index contributed by atoms with van der Waals surface area (Å²) < 4.78 is 0. The standard InChI is InChI=1S/C13H8Cl2N2O4/c14-10-4-2-7(11(15)17-10)12(19)16-8-5-6(13(20)21)1-3-9(8)18/h1-5,18H,(H,16,19)(H,20,21). The van der Waals surface area contributed by atoms with Gasteiger partial charge in [-0.3, -0.25) is 4.79 Å². The second kappa shape index (κ2) is 5.99. The number of carboxylic acid groups (broad SMARTS) is 1. The average molecular weight is 327 g/mol. The third kappa shape index (κ3) is 3.42. The molecule has 2 aromatic rings. The molecule has 1 heterocycles. The van der Waals surface area contributed by atoms with Crippen molar-refractivity contribution in [2.75, 3.05) is 5.32 Å². The van der Waals surface area contributed by atoms with Gasteiger partial charge in [-0.25, -0.2) is 9.78 Å². The minimum Gasteiger partial charge on any atom is -0.506 e. The molecule has 21 heavy (non-hydrogen) atoms. The molecule has 0 bridgehead atoms. The molecule has 108 valence electrons. The lowest BCUT2D eigenvalue weighted by Crippen LogP contribution is -2.13. The number of pyridine rings is 1. The lowest BCUT2D eigenvalue weighted by Gasteiger charge is -2.09. The van der Waals surface area contributed by atoms with Crippen molar-refractivity contribution >= 4 is 40.8 Å². The van der Waals surface area contributed by atoms with E-state index in [9.17, 15) is 14.7 Å². The summed E-state index contributed by atoms with van der Waals surface area (Å²) in [7, 11) is 0. The predicted octanol–water partition coefficient (Wildman–Crippen LogP) is 3.04. The van der Waals surface area contributed by atoms with Crippen LogP contribution >= 0.6 is 23.2 Å². The van der Waals surface area contributed by atoms with E-state index in [1.54, 1.807) is 0 Å². The Kier molecular flexibility index (Phi) is 4.30. The number of nitrogens with one attached hydrogen (secondary N) is 1. The van der Waals surface area contributed by atoms with Gasteiger partial charge in [-0.1, -0.05) is 23.2 Å². The van der Waals surface area contributed by atoms with E-state index in [4.69, 9.17) is 28.3 Å². The minimum atomic E-state index is -1.18. The molecule has 0 unspecified atom stereocenters. The number of carbonyl (C=O) groups excluding carboxylic acids is 1. The Bertz CT molecular complexity index is 734. The number of benzene rings is 1. The van der Waals surface area contributed by atoms with E-state index < -0.39 is 11.9 Å². The van der Waals surface area contributed by atoms with Gasteiger partial charge in [0.1, 0.15) is 16.1 Å². The molecule has 1 aromatic heterocycles. The second-order valence-electron chi connectivity index (χ2n) is 3.96. The van der Waals surface area contributed by atoms with Crippen LogP contribution in [-0.2, 0) is 0 Å². The largest absolute Gasteiger partial charge is 0.506 e. The topological polar surface area (TPSA) is 99.5 Å². The van der Waals surface area contributed by atoms with Gasteiger partial charge in [-0.05, 0) is 30.3 Å². The van der Waals surface area contributed by atoms with E-state index >= 15 is 0 Å². The molecule has 0 aliphatic rings. The van der Waals surface area contributed by atoms with Gasteiger partial charge in [0.25, 0.3) is 5.91 Å². The third-order valence-electron chi connectivity index (χ3n) is 2.55. The van der Waals surface area contributed by atoms with Crippen LogP contribution in [0, 0.1) is 0 Å². The smallest absolute Gasteiger partial charge is 0.335 e. The first kappa shape index (κ1) is 15.1. The summed E-state index contributed by atoms with van der Waals surface area (Å²) >= 11 is 11.4. The summed E-state index contributed by atoms with van der Waals surface area (Å²) in [5.74, 6) is -2.11. The monoisotopic (exact) mass is 326 g/mol. The summed E-state index contributed by atoms with van der Waals surface area (Å²) in [5.41, 5.74) is -0.0875. The Morgan fingerprint density at radius 2 is 1.86 bits per heavy atom. The molecule has 0 spiro atoms. The Balaban J connectivity index is 2.31. The zero-order chi connectivity index (χ0) is 15.6. The zero-order valence-corrected chi connectivity index (χ0v) is 11.8. The van der Waals surface area contributed by atoms with Crippen LogP contribution in [0.2, 0.25) is 10.3 Å². The van der Waals surface area contributed by atoms with Crippen molar-refractivity contribution < 1.29 is 19.8 Å². The number of phenols is 1. The van der Waals surface area contributed by atoms with Crippen molar-refractivity contribution in [2.24, 2.45) is 0 Å². The maximum absolute atomic E-state index is 12.0. The van der Waals surface area contributed by atoms with Gasteiger partial charge in [-0.2, -0.15) is 0 Å². The van der Waals surface area contributed by atoms with Gasteiger partial charge < -0.3 is 15.5 Å². The number of hydrogen-bond acceptors (Lipinski definition) is 4. The maximum atomic E-state index is 12.0. The predicted molar refractivity (Wildman–Crippen MR) is 77.3 cm³/mol. The number of phenolic OH excluding ortho intramolecular Hbond substituents is 1. The number of aromatic hydroxyl groups is 1. The highest BCUT2D eigenvalue weighted by molar-refractivity contribution is 6.35. The van der Waals surface area contributed by atoms with Crippen molar-refractivity contribution in [1.82, 2.24) is 4.98 Å². The number of aromatic carboxylic acids is 1. The normalized spacial score (nSPS) is 10.2. The SMILES string of the molecule is O=C(O)c1ccc(O)c(NC(=O)c2ccc(Cl)nc2Cl)c1. The Hall–Kier alpha value is -2.31. The molecular formula is C13H8Cl2N2O4. The molecule has 0 radical (unpaired) electrons. The van der Waals surface area contributed by atoms with Crippen LogP contribution in [0.25, 0.3) is 0 Å². The van der Waals surface area contributed by atoms with Crippen LogP contribution in [0.5, 0.6) is 5.75 Å². The van der Waals surface area contributed by atoms with Gasteiger partial charge in [0, 0.05) is 0 Å². The van der Waals surface area contributed by atoms with E-state index in [0.717, 1.165) is 6.07 Å². The van der Waals surface area contributed by atoms with Gasteiger partial charge in [0.2, 0.25) is 0 Å². The number of anilines is 1. The number of hydrogen-bond donors (Lipinski definition) is 3. The van der Waals surface area contributed by atoms with E-state index in [1.165, 1.54) is 24.3 Å². The van der Waals surface area contributed by atoms with Crippen molar-refractivity contribution in [3.05, 3.63) is 51.8 Å². The highest BCUT2D eigenvalue weighted by atomic mass is 35.5. The summed E-state index contributed by atoms with van der Waals surface area (Å²) in [5, 5.41) is 20.9. The molecule has 0 saturated carbocycles. The fourth-order valence-corrected chi connectivity index (χ4v) is 1.97. The first-order chi connectivity index (χ1) is 9.88. The van der Waals surface area contributed by atoms with Crippen LogP contribution in [0.1, 0.15) is 20.7 Å². The molecule has 1 aromatic carbocycles. The van der Waals surface area contributed by atoms with E-state index in [2.05, 4.69) is 10.3 Å². The molecule has 0 aliphatic heterocycles. The maximum Gasteiger partial charge on any atom is 0.335 e. The van der Waals surface area contributed by atoms with Gasteiger partial charge >= 0.3 is 5.97 Å². The highest BCUT2D eigenvalue weighted by Gasteiger charge is 2.15. The van der Waals surface area contributed by atoms with Crippen LogP contribution in [-0.4, -0.2) is 27.1 Å². The van der Waals surface area contributed by atoms with Gasteiger partial charge in [0.15, 0.2) is 0 Å². The van der Waals surface area contributed by atoms with Crippen molar-refractivity contribution in [1.29, 1.82) is 0 Å². The number of carbonyl (C=O) groups is 2. The van der Waals surface area contributed by atoms with Crippen LogP contribution in [0.4, 0.5) is 5.69 Å². The number of carboxylic acids is 1. The number of rotatable bonds is 3. The lowest BCUT2D eigenvalue weighted by atomic mass is 10.1. The lowest BCUT2D eigenvalue weighted by molar-refractivity contribution is 0.0696. The zero-order valence-electron chi connectivity index (χ0n) is 10.3. The fourth-order valence-electron chi connectivity index (χ4n) is 1.54. The van der Waals surface area contributed by atoms with E-state index in [-0.39, 0.29) is 32.9 Å². The average Bonchev–Trinajstić information content (AvgIpc) is 2.40. The number of amides is 1. The molecule has 1 amide bonds. The van der Waals surface area contributed by atoms with E-state index in [1.807, 2.05) is 0 Å². The molecule has 3 N–H and O–H groups in total. The molecule has 0 saturated heterocycles. The van der Waals surface area contributed by atoms with Crippen molar-refractivity contribution in [3.8, 4) is 5.75 Å². The molecule has 0 fully saturated rings. The molecule has 0 atom stereocenters. The number of halogens is 2. The Labute approximate surface area is 129 Å². The Morgan fingerprint density at radius 3 is 2.48 bits per heavy atom. The second-order valence-corrected chi connectivity index (χ2v) is 4.71. The highest BCUT2D eigenvalue weighted by Crippen LogP contribution is 2.26. The summed E-state index contributed by atoms with van der Waals surface area (Å²) in [6, 6.07) is 6.26. The van der Waals surface area contributed by atoms with Gasteiger partial charge in [0.05, 0.1) is 16.8 Å². The van der Waals surface area contributed by atoms with Crippen LogP contribution < -0.4 is 5.32 Å². The molecule has 0 aliphatic carbocycles.